The van der Waals surface area contributed by atoms with E-state index in [2.05, 4.69) is 4.98 Å². The molecule has 88 valence electrons. The molecule has 1 aromatic heterocycles. The zero-order valence-electron chi connectivity index (χ0n) is 8.58. The van der Waals surface area contributed by atoms with Gasteiger partial charge in [0.05, 0.1) is 18.2 Å². The number of aliphatic hydroxyl groups is 2. The summed E-state index contributed by atoms with van der Waals surface area (Å²) in [6.45, 7) is -0.0575. The van der Waals surface area contributed by atoms with Gasteiger partial charge in [0.1, 0.15) is 6.10 Å². The molecular weight excluding hydrogens is 212 g/mol. The first-order valence-corrected chi connectivity index (χ1v) is 4.77. The molecule has 0 aliphatic carbocycles. The Labute approximate surface area is 92.4 Å². The van der Waals surface area contributed by atoms with E-state index in [1.54, 1.807) is 0 Å². The third kappa shape index (κ3) is 3.27. The molecule has 0 saturated carbocycles. The summed E-state index contributed by atoms with van der Waals surface area (Å²) >= 11 is 0. The maximum atomic E-state index is 10.4. The topological polar surface area (TPSA) is 117 Å². The Morgan fingerprint density at radius 2 is 2.12 bits per heavy atom. The molecule has 0 saturated heterocycles. The zero-order valence-corrected chi connectivity index (χ0v) is 8.58. The number of nitrogens with zero attached hydrogens (tertiary/aromatic N) is 1. The van der Waals surface area contributed by atoms with Gasteiger partial charge in [0.2, 0.25) is 0 Å². The molecule has 0 fully saturated rings. The number of aliphatic hydroxyl groups excluding tert-OH is 2. The van der Waals surface area contributed by atoms with Gasteiger partial charge in [-0.2, -0.15) is 0 Å². The van der Waals surface area contributed by atoms with Gasteiger partial charge in [0.15, 0.2) is 0 Å². The van der Waals surface area contributed by atoms with Crippen LogP contribution in [-0.4, -0.2) is 38.9 Å². The molecule has 0 aliphatic heterocycles. The van der Waals surface area contributed by atoms with Crippen molar-refractivity contribution in [1.29, 1.82) is 0 Å². The lowest BCUT2D eigenvalue weighted by molar-refractivity contribution is -0.136. The van der Waals surface area contributed by atoms with Crippen molar-refractivity contribution in [3.05, 3.63) is 29.6 Å². The summed E-state index contributed by atoms with van der Waals surface area (Å²) in [5, 5.41) is 27.4. The van der Waals surface area contributed by atoms with Crippen LogP contribution in [0.4, 0.5) is 0 Å². The van der Waals surface area contributed by atoms with E-state index in [0.29, 0.717) is 11.3 Å². The summed E-state index contributed by atoms with van der Waals surface area (Å²) in [4.78, 5) is 14.3. The van der Waals surface area contributed by atoms with Crippen LogP contribution in [0.25, 0.3) is 0 Å². The maximum Gasteiger partial charge on any atom is 0.309 e. The summed E-state index contributed by atoms with van der Waals surface area (Å²) in [7, 11) is 0. The molecular formula is C10H14N2O4. The van der Waals surface area contributed by atoms with E-state index in [0.717, 1.165) is 0 Å². The Balaban J connectivity index is 2.74. The molecule has 2 unspecified atom stereocenters. The second-order valence-electron chi connectivity index (χ2n) is 3.40. The van der Waals surface area contributed by atoms with Gasteiger partial charge in [-0.3, -0.25) is 9.78 Å². The van der Waals surface area contributed by atoms with E-state index >= 15 is 0 Å². The molecule has 0 bridgehead atoms. The van der Waals surface area contributed by atoms with E-state index in [1.807, 2.05) is 0 Å². The number of hydrogen-bond acceptors (Lipinski definition) is 5. The Bertz CT molecular complexity index is 352. The molecule has 0 spiro atoms. The number of aromatic nitrogens is 1. The second-order valence-corrected chi connectivity index (χ2v) is 3.40. The number of nitrogens with two attached hydrogens (primary N) is 1. The predicted octanol–water partition coefficient (Wildman–Crippen LogP) is -0.938. The fourth-order valence-electron chi connectivity index (χ4n) is 1.22. The van der Waals surface area contributed by atoms with E-state index < -0.39 is 18.2 Å². The van der Waals surface area contributed by atoms with Crippen molar-refractivity contribution in [3.8, 4) is 0 Å². The van der Waals surface area contributed by atoms with Gasteiger partial charge in [0.25, 0.3) is 0 Å². The molecule has 1 aromatic rings. The van der Waals surface area contributed by atoms with Gasteiger partial charge in [-0.1, -0.05) is 6.07 Å². The van der Waals surface area contributed by atoms with Gasteiger partial charge in [-0.15, -0.1) is 0 Å². The average Bonchev–Trinajstić information content (AvgIpc) is 2.27. The van der Waals surface area contributed by atoms with Crippen molar-refractivity contribution in [2.75, 3.05) is 6.54 Å². The molecule has 16 heavy (non-hydrogen) atoms. The molecule has 6 heteroatoms. The molecule has 0 radical (unpaired) electrons. The largest absolute Gasteiger partial charge is 0.481 e. The summed E-state index contributed by atoms with van der Waals surface area (Å²) < 4.78 is 0. The summed E-state index contributed by atoms with van der Waals surface area (Å²) in [6.07, 6.45) is -0.985. The van der Waals surface area contributed by atoms with Crippen molar-refractivity contribution in [2.24, 2.45) is 5.73 Å². The van der Waals surface area contributed by atoms with E-state index in [-0.39, 0.29) is 13.0 Å². The fourth-order valence-corrected chi connectivity index (χ4v) is 1.22. The smallest absolute Gasteiger partial charge is 0.309 e. The third-order valence-electron chi connectivity index (χ3n) is 2.13. The van der Waals surface area contributed by atoms with Gasteiger partial charge in [-0.25, -0.2) is 0 Å². The Kier molecular flexibility index (Phi) is 4.36. The van der Waals surface area contributed by atoms with Crippen molar-refractivity contribution in [1.82, 2.24) is 4.98 Å². The fraction of sp³-hybridized carbons (Fsp3) is 0.400. The molecule has 2 atom stereocenters. The lowest BCUT2D eigenvalue weighted by Crippen LogP contribution is -2.27. The first kappa shape index (κ1) is 12.6. The Morgan fingerprint density at radius 1 is 1.44 bits per heavy atom. The van der Waals surface area contributed by atoms with Crippen LogP contribution in [0.15, 0.2) is 18.3 Å². The second kappa shape index (κ2) is 5.55. The van der Waals surface area contributed by atoms with E-state index in [9.17, 15) is 15.0 Å². The third-order valence-corrected chi connectivity index (χ3v) is 2.13. The van der Waals surface area contributed by atoms with Crippen LogP contribution in [0.2, 0.25) is 0 Å². The van der Waals surface area contributed by atoms with Crippen LogP contribution in [0.5, 0.6) is 0 Å². The number of aliphatic carboxylic acids is 1. The highest BCUT2D eigenvalue weighted by Crippen LogP contribution is 2.15. The minimum Gasteiger partial charge on any atom is -0.481 e. The van der Waals surface area contributed by atoms with Crippen molar-refractivity contribution in [2.45, 2.75) is 18.6 Å². The summed E-state index contributed by atoms with van der Waals surface area (Å²) in [5.74, 6) is -0.970. The van der Waals surface area contributed by atoms with Gasteiger partial charge < -0.3 is 21.1 Å². The minimum absolute atomic E-state index is 0.0575. The average molecular weight is 226 g/mol. The van der Waals surface area contributed by atoms with E-state index in [4.69, 9.17) is 10.8 Å². The molecule has 1 rings (SSSR count). The quantitative estimate of drug-likeness (QED) is 0.515. The Hall–Kier alpha value is -1.50. The highest BCUT2D eigenvalue weighted by Gasteiger charge is 2.17. The van der Waals surface area contributed by atoms with Crippen LogP contribution in [-0.2, 0) is 11.2 Å². The first-order chi connectivity index (χ1) is 7.54. The van der Waals surface area contributed by atoms with Crippen molar-refractivity contribution in [3.63, 3.8) is 0 Å². The van der Waals surface area contributed by atoms with E-state index in [1.165, 1.54) is 18.3 Å². The van der Waals surface area contributed by atoms with Crippen molar-refractivity contribution < 1.29 is 20.1 Å². The molecule has 5 N–H and O–H groups in total. The summed E-state index contributed by atoms with van der Waals surface area (Å²) in [5.41, 5.74) is 6.00. The number of hydrogen-bond donors (Lipinski definition) is 4. The van der Waals surface area contributed by atoms with Crippen LogP contribution >= 0.6 is 0 Å². The SMILES string of the molecule is NCC(O)C(O)c1ccc(CC(=O)O)nc1. The maximum absolute atomic E-state index is 10.4. The lowest BCUT2D eigenvalue weighted by atomic mass is 10.1. The van der Waals surface area contributed by atoms with Crippen LogP contribution in [0.1, 0.15) is 17.4 Å². The molecule has 0 aliphatic rings. The van der Waals surface area contributed by atoms with Gasteiger partial charge in [-0.05, 0) is 6.07 Å². The molecule has 0 amide bonds. The number of pyridine rings is 1. The molecule has 1 heterocycles. The normalized spacial score (nSPS) is 14.4. The standard InChI is InChI=1S/C10H14N2O4/c11-4-8(13)10(16)6-1-2-7(12-5-6)3-9(14)15/h1-2,5,8,10,13,16H,3-4,11H2,(H,14,15). The minimum atomic E-state index is -1.10. The number of carbonyl (C=O) groups is 1. The van der Waals surface area contributed by atoms with Gasteiger partial charge >= 0.3 is 5.97 Å². The molecule has 6 nitrogen and oxygen atoms in total. The van der Waals surface area contributed by atoms with Gasteiger partial charge in [0, 0.05) is 18.3 Å². The zero-order chi connectivity index (χ0) is 12.1. The predicted molar refractivity (Wildman–Crippen MR) is 55.6 cm³/mol. The monoisotopic (exact) mass is 226 g/mol. The number of carboxylic acid groups (broad SMARTS) is 1. The van der Waals surface area contributed by atoms with Crippen LogP contribution in [0, 0.1) is 0 Å². The molecule has 0 aromatic carbocycles. The highest BCUT2D eigenvalue weighted by atomic mass is 16.4. The van der Waals surface area contributed by atoms with Crippen LogP contribution < -0.4 is 5.73 Å². The number of carboxylic acids is 1. The highest BCUT2D eigenvalue weighted by molar-refractivity contribution is 5.69. The summed E-state index contributed by atoms with van der Waals surface area (Å²) in [6, 6.07) is 3.02. The Morgan fingerprint density at radius 3 is 2.56 bits per heavy atom. The lowest BCUT2D eigenvalue weighted by Gasteiger charge is -2.15. The van der Waals surface area contributed by atoms with Crippen LogP contribution in [0.3, 0.4) is 0 Å². The number of rotatable bonds is 5. The van der Waals surface area contributed by atoms with Crippen molar-refractivity contribution >= 4 is 5.97 Å². The first-order valence-electron chi connectivity index (χ1n) is 4.77.